The van der Waals surface area contributed by atoms with Crippen LogP contribution in [-0.2, 0) is 38.1 Å². The summed E-state index contributed by atoms with van der Waals surface area (Å²) in [5, 5.41) is 8.70. The minimum atomic E-state index is -0.546. The van der Waals surface area contributed by atoms with Crippen LogP contribution in [-0.4, -0.2) is 92.3 Å². The van der Waals surface area contributed by atoms with Gasteiger partial charge in [-0.3, -0.25) is 14.4 Å². The van der Waals surface area contributed by atoms with E-state index in [1.807, 2.05) is 31.2 Å². The van der Waals surface area contributed by atoms with Crippen molar-refractivity contribution in [2.45, 2.75) is 115 Å². The fourth-order valence-corrected chi connectivity index (χ4v) is 8.12. The lowest BCUT2D eigenvalue weighted by Gasteiger charge is -2.39. The van der Waals surface area contributed by atoms with Crippen LogP contribution >= 0.6 is 0 Å². The van der Waals surface area contributed by atoms with Crippen LogP contribution in [0.4, 0.5) is 4.79 Å². The molecule has 3 amide bonds. The summed E-state index contributed by atoms with van der Waals surface area (Å²) >= 11 is 0. The van der Waals surface area contributed by atoms with Crippen LogP contribution in [0.1, 0.15) is 83.8 Å². The van der Waals surface area contributed by atoms with E-state index in [9.17, 15) is 19.2 Å². The maximum absolute atomic E-state index is 12.7. The number of ether oxygens (including phenoxy) is 5. The van der Waals surface area contributed by atoms with Crippen LogP contribution in [0.3, 0.4) is 0 Å². The minimum Gasteiger partial charge on any atom is -0.459 e. The number of esters is 1. The summed E-state index contributed by atoms with van der Waals surface area (Å²) in [5.41, 5.74) is 5.51. The van der Waals surface area contributed by atoms with Gasteiger partial charge in [0.15, 0.2) is 0 Å². The van der Waals surface area contributed by atoms with Crippen LogP contribution < -0.4 is 16.0 Å². The molecule has 2 aromatic rings. The first kappa shape index (κ1) is 41.8. The van der Waals surface area contributed by atoms with Gasteiger partial charge in [-0.15, -0.1) is 0 Å². The summed E-state index contributed by atoms with van der Waals surface area (Å²) in [6.45, 7) is 10.6. The summed E-state index contributed by atoms with van der Waals surface area (Å²) in [6, 6.07) is 16.3. The van der Waals surface area contributed by atoms with E-state index in [1.165, 1.54) is 24.1 Å². The Morgan fingerprint density at radius 3 is 2.33 bits per heavy atom. The van der Waals surface area contributed by atoms with Gasteiger partial charge in [-0.25, -0.2) is 4.79 Å². The fraction of sp³-hybridized carbons (Fsp3) is 0.511. The zero-order valence-electron chi connectivity index (χ0n) is 33.7. The molecule has 8 atom stereocenters. The first-order valence-electron chi connectivity index (χ1n) is 20.2. The van der Waals surface area contributed by atoms with Gasteiger partial charge >= 0.3 is 12.1 Å². The summed E-state index contributed by atoms with van der Waals surface area (Å²) < 4.78 is 29.2. The van der Waals surface area contributed by atoms with Crippen molar-refractivity contribution in [2.24, 2.45) is 5.92 Å². The third-order valence-electron chi connectivity index (χ3n) is 11.2. The van der Waals surface area contributed by atoms with E-state index >= 15 is 0 Å². The molecule has 306 valence electrons. The molecule has 4 aliphatic rings. The maximum atomic E-state index is 12.7. The van der Waals surface area contributed by atoms with E-state index in [0.29, 0.717) is 19.6 Å². The number of allylic oxidation sites excluding steroid dienone is 2. The molecule has 57 heavy (non-hydrogen) atoms. The number of carbonyl (C=O) groups excluding carboxylic acids is 4. The summed E-state index contributed by atoms with van der Waals surface area (Å²) in [6.07, 6.45) is 10.9. The van der Waals surface area contributed by atoms with Gasteiger partial charge in [-0.2, -0.15) is 0 Å². The Bertz CT molecular complexity index is 1810. The SMILES string of the molecule is CC(=O)O[C@@H](C)/C=C\C(=O)N[C@@H]1C[C@H](C)[C@H](C/C=C(C)/C=C/[C@@H]2C[C@]3(CO3)C[C@@H](CNC(=O)CCNC(=O)OCC3c4ccccc4-c4ccccc43)O2)O[C@@H]1C. The highest BCUT2D eigenvalue weighted by Gasteiger charge is 2.51. The molecule has 1 spiro atoms. The second-order valence-electron chi connectivity index (χ2n) is 15.9. The molecule has 3 heterocycles. The van der Waals surface area contributed by atoms with Gasteiger partial charge in [0.2, 0.25) is 11.8 Å². The average molecular weight is 784 g/mol. The van der Waals surface area contributed by atoms with Crippen LogP contribution in [0.5, 0.6) is 0 Å². The molecule has 2 aromatic carbocycles. The minimum absolute atomic E-state index is 0.0206. The van der Waals surface area contributed by atoms with Crippen LogP contribution in [0.2, 0.25) is 0 Å². The van der Waals surface area contributed by atoms with Gasteiger partial charge < -0.3 is 39.6 Å². The molecular weight excluding hydrogens is 727 g/mol. The number of benzene rings is 2. The summed E-state index contributed by atoms with van der Waals surface area (Å²) in [4.78, 5) is 48.8. The Labute approximate surface area is 335 Å². The molecule has 12 nitrogen and oxygen atoms in total. The Balaban J connectivity index is 0.887. The molecule has 12 heteroatoms. The second kappa shape index (κ2) is 19.1. The largest absolute Gasteiger partial charge is 0.459 e. The number of carbonyl (C=O) groups is 4. The van der Waals surface area contributed by atoms with Gasteiger partial charge in [0, 0.05) is 51.3 Å². The van der Waals surface area contributed by atoms with Crippen molar-refractivity contribution < 1.29 is 42.9 Å². The molecule has 3 N–H and O–H groups in total. The monoisotopic (exact) mass is 783 g/mol. The number of alkyl carbamates (subject to hydrolysis) is 1. The Morgan fingerprint density at radius 2 is 1.65 bits per heavy atom. The van der Waals surface area contributed by atoms with Crippen molar-refractivity contribution in [3.05, 3.63) is 95.6 Å². The van der Waals surface area contributed by atoms with Crippen molar-refractivity contribution >= 4 is 23.9 Å². The fourth-order valence-electron chi connectivity index (χ4n) is 8.12. The van der Waals surface area contributed by atoms with Gasteiger partial charge in [-0.05, 0) is 67.9 Å². The molecule has 1 aliphatic carbocycles. The molecular formula is C45H57N3O9. The summed E-state index contributed by atoms with van der Waals surface area (Å²) in [5.74, 6) is -0.605. The molecule has 3 fully saturated rings. The molecule has 0 saturated carbocycles. The van der Waals surface area contributed by atoms with Crippen molar-refractivity contribution in [1.82, 2.24) is 16.0 Å². The first-order chi connectivity index (χ1) is 27.4. The average Bonchev–Trinajstić information content (AvgIpc) is 3.84. The highest BCUT2D eigenvalue weighted by molar-refractivity contribution is 5.88. The van der Waals surface area contributed by atoms with Gasteiger partial charge in [0.25, 0.3) is 0 Å². The second-order valence-corrected chi connectivity index (χ2v) is 15.9. The highest BCUT2D eigenvalue weighted by atomic mass is 16.6. The van der Waals surface area contributed by atoms with Crippen molar-refractivity contribution in [3.8, 4) is 11.1 Å². The molecule has 0 bridgehead atoms. The molecule has 6 rings (SSSR count). The maximum Gasteiger partial charge on any atom is 0.407 e. The third kappa shape index (κ3) is 11.6. The molecule has 0 aromatic heterocycles. The predicted octanol–water partition coefficient (Wildman–Crippen LogP) is 6.05. The number of amides is 3. The van der Waals surface area contributed by atoms with Crippen LogP contribution in [0.15, 0.2) is 84.5 Å². The summed E-state index contributed by atoms with van der Waals surface area (Å²) in [7, 11) is 0. The number of epoxide rings is 1. The van der Waals surface area contributed by atoms with E-state index in [0.717, 1.165) is 36.0 Å². The number of nitrogens with one attached hydrogen (secondary N) is 3. The van der Waals surface area contributed by atoms with Crippen molar-refractivity contribution in [3.63, 3.8) is 0 Å². The van der Waals surface area contributed by atoms with E-state index in [1.54, 1.807) is 13.0 Å². The van der Waals surface area contributed by atoms with Crippen molar-refractivity contribution in [2.75, 3.05) is 26.3 Å². The normalized spacial score (nSPS) is 27.4. The van der Waals surface area contributed by atoms with E-state index < -0.39 is 18.2 Å². The van der Waals surface area contributed by atoms with Gasteiger partial charge in [0.05, 0.1) is 42.7 Å². The molecule has 3 saturated heterocycles. The smallest absolute Gasteiger partial charge is 0.407 e. The number of rotatable bonds is 15. The van der Waals surface area contributed by atoms with Crippen LogP contribution in [0, 0.1) is 5.92 Å². The third-order valence-corrected chi connectivity index (χ3v) is 11.2. The Hall–Kier alpha value is -4.78. The molecule has 0 unspecified atom stereocenters. The topological polar surface area (TPSA) is 154 Å². The molecule has 0 radical (unpaired) electrons. The number of hydrogen-bond acceptors (Lipinski definition) is 9. The first-order valence-corrected chi connectivity index (χ1v) is 20.2. The van der Waals surface area contributed by atoms with E-state index in [4.69, 9.17) is 23.7 Å². The standard InChI is InChI=1S/C45H57N3O9/c1-28(15-18-41-29(2)22-40(31(4)56-41)48-43(51)19-16-30(3)55-32(5)49)14-17-33-23-45(27-54-45)24-34(57-33)25-47-42(50)20-21-46-44(52)53-26-39-37-12-8-6-10-35(37)36-11-7-9-13-38(36)39/h6-17,19,29-31,33-34,39-41H,18,20-27H2,1-5H3,(H,46,52)(H,47,50)(H,48,51)/b17-14+,19-16-,28-15+/t29-,30-,31+,33+,34-,40+,41-,45+/m0/s1. The predicted molar refractivity (Wildman–Crippen MR) is 215 cm³/mol. The Morgan fingerprint density at radius 1 is 0.947 bits per heavy atom. The Kier molecular flexibility index (Phi) is 14.0. The van der Waals surface area contributed by atoms with E-state index in [2.05, 4.69) is 72.3 Å². The van der Waals surface area contributed by atoms with Crippen LogP contribution in [0.25, 0.3) is 11.1 Å². The molecule has 3 aliphatic heterocycles. The lowest BCUT2D eigenvalue weighted by atomic mass is 9.88. The van der Waals surface area contributed by atoms with Gasteiger partial charge in [-0.1, -0.05) is 79.3 Å². The van der Waals surface area contributed by atoms with Gasteiger partial charge in [0.1, 0.15) is 12.7 Å². The number of hydrogen-bond donors (Lipinski definition) is 3. The zero-order valence-corrected chi connectivity index (χ0v) is 33.7. The lowest BCUT2D eigenvalue weighted by Crippen LogP contribution is -2.50. The highest BCUT2D eigenvalue weighted by Crippen LogP contribution is 2.45. The lowest BCUT2D eigenvalue weighted by molar-refractivity contribution is -0.143. The zero-order chi connectivity index (χ0) is 40.5. The van der Waals surface area contributed by atoms with Crippen molar-refractivity contribution in [1.29, 1.82) is 0 Å². The quantitative estimate of drug-likeness (QED) is 0.0849. The van der Waals surface area contributed by atoms with E-state index in [-0.39, 0.29) is 79.3 Å². The number of fused-ring (bicyclic) bond motifs is 3.